The molecule has 0 aliphatic heterocycles. The van der Waals surface area contributed by atoms with Crippen LogP contribution in [0.2, 0.25) is 0 Å². The number of rotatable bonds is 4. The van der Waals surface area contributed by atoms with E-state index in [0.717, 1.165) is 29.0 Å². The van der Waals surface area contributed by atoms with Crippen molar-refractivity contribution in [2.75, 3.05) is 0 Å². The monoisotopic (exact) mass is 393 g/mol. The van der Waals surface area contributed by atoms with E-state index in [4.69, 9.17) is 0 Å². The van der Waals surface area contributed by atoms with Crippen molar-refractivity contribution in [3.8, 4) is 5.75 Å². The highest BCUT2D eigenvalue weighted by atomic mass is 19.4. The number of hydrogen-bond donors (Lipinski definition) is 2. The molecule has 28 heavy (non-hydrogen) atoms. The summed E-state index contributed by atoms with van der Waals surface area (Å²) in [5, 5.41) is 10.8. The number of aromatic hydroxyl groups is 1. The van der Waals surface area contributed by atoms with Crippen molar-refractivity contribution in [1.29, 1.82) is 0 Å². The van der Waals surface area contributed by atoms with E-state index < -0.39 is 11.7 Å². The molecule has 0 amide bonds. The SMILES string of the molecule is C=C(CCc1cc(C(C)(C)C)c(O)c(C(C)(C)C)c1)c1cc(C(F)(F)F)c[nH]1. The molecule has 2 nitrogen and oxygen atoms in total. The van der Waals surface area contributed by atoms with Gasteiger partial charge in [0.1, 0.15) is 5.75 Å². The van der Waals surface area contributed by atoms with E-state index in [2.05, 4.69) is 53.1 Å². The van der Waals surface area contributed by atoms with Crippen LogP contribution >= 0.6 is 0 Å². The second-order valence-electron chi connectivity index (χ2n) is 9.44. The van der Waals surface area contributed by atoms with Crippen LogP contribution in [-0.4, -0.2) is 10.1 Å². The molecule has 0 atom stereocenters. The molecule has 0 bridgehead atoms. The lowest BCUT2D eigenvalue weighted by Gasteiger charge is -2.28. The summed E-state index contributed by atoms with van der Waals surface area (Å²) in [6.45, 7) is 16.2. The highest BCUT2D eigenvalue weighted by Gasteiger charge is 2.32. The van der Waals surface area contributed by atoms with Gasteiger partial charge in [0.25, 0.3) is 0 Å². The predicted octanol–water partition coefficient (Wildman–Crippen LogP) is 6.98. The van der Waals surface area contributed by atoms with Crippen LogP contribution in [0.1, 0.15) is 75.9 Å². The second-order valence-corrected chi connectivity index (χ2v) is 9.44. The first-order chi connectivity index (χ1) is 12.6. The molecule has 0 unspecified atom stereocenters. The molecule has 1 aromatic carbocycles. The number of benzene rings is 1. The summed E-state index contributed by atoms with van der Waals surface area (Å²) in [6.07, 6.45) is -2.24. The molecule has 0 radical (unpaired) electrons. The largest absolute Gasteiger partial charge is 0.507 e. The lowest BCUT2D eigenvalue weighted by atomic mass is 9.78. The van der Waals surface area contributed by atoms with Gasteiger partial charge in [-0.3, -0.25) is 0 Å². The molecule has 2 aromatic rings. The van der Waals surface area contributed by atoms with Crippen molar-refractivity contribution in [2.24, 2.45) is 0 Å². The van der Waals surface area contributed by atoms with Gasteiger partial charge in [0, 0.05) is 11.9 Å². The van der Waals surface area contributed by atoms with Gasteiger partial charge in [0.05, 0.1) is 5.56 Å². The van der Waals surface area contributed by atoms with Crippen molar-refractivity contribution in [3.05, 3.63) is 58.9 Å². The van der Waals surface area contributed by atoms with E-state index in [9.17, 15) is 18.3 Å². The number of halogens is 3. The summed E-state index contributed by atoms with van der Waals surface area (Å²) < 4.78 is 38.4. The van der Waals surface area contributed by atoms with Gasteiger partial charge >= 0.3 is 6.18 Å². The maximum absolute atomic E-state index is 12.8. The molecule has 0 saturated carbocycles. The number of H-pyrrole nitrogens is 1. The Bertz CT molecular complexity index is 826. The van der Waals surface area contributed by atoms with Crippen molar-refractivity contribution < 1.29 is 18.3 Å². The molecular formula is C23H30F3NO. The van der Waals surface area contributed by atoms with Gasteiger partial charge in [0.15, 0.2) is 0 Å². The minimum absolute atomic E-state index is 0.224. The van der Waals surface area contributed by atoms with Crippen LogP contribution in [0.25, 0.3) is 5.57 Å². The predicted molar refractivity (Wildman–Crippen MR) is 109 cm³/mol. The maximum atomic E-state index is 12.8. The first kappa shape index (κ1) is 22.1. The first-order valence-electron chi connectivity index (χ1n) is 9.41. The summed E-state index contributed by atoms with van der Waals surface area (Å²) in [5.74, 6) is 0.321. The minimum Gasteiger partial charge on any atom is -0.507 e. The van der Waals surface area contributed by atoms with E-state index >= 15 is 0 Å². The Balaban J connectivity index is 2.29. The van der Waals surface area contributed by atoms with Crippen LogP contribution in [0.15, 0.2) is 31.0 Å². The quantitative estimate of drug-likeness (QED) is 0.577. The van der Waals surface area contributed by atoms with Gasteiger partial charge < -0.3 is 10.1 Å². The summed E-state index contributed by atoms with van der Waals surface area (Å²) in [7, 11) is 0. The van der Waals surface area contributed by atoms with Gasteiger partial charge in [-0.15, -0.1) is 0 Å². The van der Waals surface area contributed by atoms with Gasteiger partial charge in [-0.2, -0.15) is 13.2 Å². The summed E-state index contributed by atoms with van der Waals surface area (Å²) in [5.41, 5.74) is 2.67. The minimum atomic E-state index is -4.37. The summed E-state index contributed by atoms with van der Waals surface area (Å²) >= 11 is 0. The van der Waals surface area contributed by atoms with Crippen LogP contribution in [0, 0.1) is 0 Å². The number of allylic oxidation sites excluding steroid dienone is 1. The average molecular weight is 393 g/mol. The van der Waals surface area contributed by atoms with Gasteiger partial charge in [-0.25, -0.2) is 0 Å². The third-order valence-corrected chi connectivity index (χ3v) is 4.89. The number of aromatic amines is 1. The zero-order valence-electron chi connectivity index (χ0n) is 17.5. The average Bonchev–Trinajstić information content (AvgIpc) is 3.01. The fraction of sp³-hybridized carbons (Fsp3) is 0.478. The van der Waals surface area contributed by atoms with Crippen LogP contribution in [0.3, 0.4) is 0 Å². The van der Waals surface area contributed by atoms with Crippen LogP contribution in [0.5, 0.6) is 5.75 Å². The number of hydrogen-bond acceptors (Lipinski definition) is 1. The molecule has 2 rings (SSSR count). The molecule has 0 saturated heterocycles. The standard InChI is InChI=1S/C23H30F3NO/c1-14(19-12-16(13-27-19)23(24,25)26)8-9-15-10-17(21(2,3)4)20(28)18(11-15)22(5,6)7/h10-13,27-28H,1,8-9H2,2-7H3. The third-order valence-electron chi connectivity index (χ3n) is 4.89. The Morgan fingerprint density at radius 1 is 0.964 bits per heavy atom. The van der Waals surface area contributed by atoms with Crippen LogP contribution in [0.4, 0.5) is 13.2 Å². The highest BCUT2D eigenvalue weighted by molar-refractivity contribution is 5.61. The van der Waals surface area contributed by atoms with Gasteiger partial charge in [-0.05, 0) is 52.0 Å². The topological polar surface area (TPSA) is 36.0 Å². The van der Waals surface area contributed by atoms with Crippen LogP contribution < -0.4 is 0 Å². The zero-order valence-corrected chi connectivity index (χ0v) is 17.5. The molecule has 2 N–H and O–H groups in total. The van der Waals surface area contributed by atoms with E-state index in [1.165, 1.54) is 0 Å². The molecular weight excluding hydrogens is 363 g/mol. The number of nitrogens with one attached hydrogen (secondary N) is 1. The molecule has 0 spiro atoms. The normalized spacial score (nSPS) is 13.0. The smallest absolute Gasteiger partial charge is 0.417 e. The fourth-order valence-electron chi connectivity index (χ4n) is 3.17. The molecule has 154 valence electrons. The number of aromatic nitrogens is 1. The Hall–Kier alpha value is -2.17. The number of phenols is 1. The fourth-order valence-corrected chi connectivity index (χ4v) is 3.17. The van der Waals surface area contributed by atoms with Crippen molar-refractivity contribution in [2.45, 2.75) is 71.4 Å². The molecule has 5 heteroatoms. The summed E-state index contributed by atoms with van der Waals surface area (Å²) in [4.78, 5) is 2.67. The molecule has 0 aliphatic rings. The van der Waals surface area contributed by atoms with E-state index in [1.807, 2.05) is 12.1 Å². The molecule has 0 fully saturated rings. The second kappa shape index (κ2) is 7.34. The Morgan fingerprint density at radius 2 is 1.46 bits per heavy atom. The maximum Gasteiger partial charge on any atom is 0.417 e. The summed E-state index contributed by atoms with van der Waals surface area (Å²) in [6, 6.07) is 5.09. The number of alkyl halides is 3. The van der Waals surface area contributed by atoms with E-state index in [-0.39, 0.29) is 10.8 Å². The Labute approximate surface area is 165 Å². The lowest BCUT2D eigenvalue weighted by Crippen LogP contribution is -2.18. The third kappa shape index (κ3) is 5.00. The van der Waals surface area contributed by atoms with Crippen molar-refractivity contribution >= 4 is 5.57 Å². The van der Waals surface area contributed by atoms with Crippen molar-refractivity contribution in [3.63, 3.8) is 0 Å². The van der Waals surface area contributed by atoms with Gasteiger partial charge in [0.2, 0.25) is 0 Å². The van der Waals surface area contributed by atoms with E-state index in [1.54, 1.807) is 0 Å². The van der Waals surface area contributed by atoms with Crippen molar-refractivity contribution in [1.82, 2.24) is 4.98 Å². The highest BCUT2D eigenvalue weighted by Crippen LogP contribution is 2.40. The van der Waals surface area contributed by atoms with Crippen LogP contribution in [-0.2, 0) is 23.4 Å². The van der Waals surface area contributed by atoms with Gasteiger partial charge in [-0.1, -0.05) is 60.3 Å². The van der Waals surface area contributed by atoms with E-state index in [0.29, 0.717) is 29.9 Å². The molecule has 1 heterocycles. The Morgan fingerprint density at radius 3 is 1.86 bits per heavy atom. The lowest BCUT2D eigenvalue weighted by molar-refractivity contribution is -0.137. The molecule has 0 aliphatic carbocycles. The zero-order chi connectivity index (χ0) is 21.5. The number of aryl methyl sites for hydroxylation is 1. The Kier molecular flexibility index (Phi) is 5.80. The molecule has 1 aromatic heterocycles. The number of phenolic OH excluding ortho intramolecular Hbond substituents is 1. The first-order valence-corrected chi connectivity index (χ1v) is 9.41.